The molecule has 1 saturated carbocycles. The quantitative estimate of drug-likeness (QED) is 0.776. The highest BCUT2D eigenvalue weighted by Crippen LogP contribution is 2.36. The summed E-state index contributed by atoms with van der Waals surface area (Å²) < 4.78 is 36.0. The number of hydrogen-bond donors (Lipinski definition) is 1. The standard InChI is InChI=1S/C10H15F3N2S/c11-10(12,13)6-14-8-15-9(7-16-8)4-2-1-3-5-9/h1-7H2,(H,14,15). The molecule has 0 aromatic rings. The zero-order valence-corrected chi connectivity index (χ0v) is 9.76. The minimum atomic E-state index is -4.20. The Hall–Kier alpha value is -0.390. The molecule has 1 aliphatic carbocycles. The Kier molecular flexibility index (Phi) is 3.37. The number of halogens is 3. The summed E-state index contributed by atoms with van der Waals surface area (Å²) in [5.41, 5.74) is 0.0351. The monoisotopic (exact) mass is 252 g/mol. The van der Waals surface area contributed by atoms with E-state index in [1.807, 2.05) is 0 Å². The van der Waals surface area contributed by atoms with Gasteiger partial charge >= 0.3 is 6.18 Å². The first kappa shape index (κ1) is 12.1. The summed E-state index contributed by atoms with van der Waals surface area (Å²) >= 11 is 1.43. The molecule has 2 aliphatic rings. The van der Waals surface area contributed by atoms with Crippen molar-refractivity contribution >= 4 is 16.9 Å². The molecule has 16 heavy (non-hydrogen) atoms. The van der Waals surface area contributed by atoms with Crippen LogP contribution >= 0.6 is 11.8 Å². The molecule has 0 unspecified atom stereocenters. The number of alkyl halides is 3. The van der Waals surface area contributed by atoms with Crippen molar-refractivity contribution in [3.05, 3.63) is 0 Å². The van der Waals surface area contributed by atoms with Crippen LogP contribution in [0.15, 0.2) is 4.99 Å². The summed E-state index contributed by atoms with van der Waals surface area (Å²) in [7, 11) is 0. The molecule has 0 aromatic heterocycles. The normalized spacial score (nSPS) is 27.3. The van der Waals surface area contributed by atoms with E-state index < -0.39 is 12.7 Å². The maximum absolute atomic E-state index is 12.0. The first-order valence-corrected chi connectivity index (χ1v) is 6.50. The number of thioether (sulfide) groups is 1. The van der Waals surface area contributed by atoms with Crippen LogP contribution in [0.5, 0.6) is 0 Å². The molecule has 0 atom stereocenters. The van der Waals surface area contributed by atoms with Crippen LogP contribution in [0, 0.1) is 0 Å². The number of hydrogen-bond acceptors (Lipinski definition) is 2. The fourth-order valence-corrected chi connectivity index (χ4v) is 3.47. The minimum absolute atomic E-state index is 0.0351. The molecular weight excluding hydrogens is 237 g/mol. The highest BCUT2D eigenvalue weighted by molar-refractivity contribution is 8.14. The van der Waals surface area contributed by atoms with Crippen LogP contribution in [0.4, 0.5) is 13.2 Å². The van der Waals surface area contributed by atoms with E-state index in [1.165, 1.54) is 31.0 Å². The van der Waals surface area contributed by atoms with Crippen molar-refractivity contribution in [3.63, 3.8) is 0 Å². The summed E-state index contributed by atoms with van der Waals surface area (Å²) in [6.45, 7) is -1.07. The Morgan fingerprint density at radius 3 is 2.56 bits per heavy atom. The van der Waals surface area contributed by atoms with Gasteiger partial charge in [-0.25, -0.2) is 0 Å². The van der Waals surface area contributed by atoms with Crippen LogP contribution in [0.2, 0.25) is 0 Å². The highest BCUT2D eigenvalue weighted by Gasteiger charge is 2.38. The zero-order valence-electron chi connectivity index (χ0n) is 8.94. The Labute approximate surface area is 97.1 Å². The SMILES string of the molecule is FC(F)(F)CN=C1NC2(CCCCC2)CS1. The number of nitrogens with one attached hydrogen (secondary N) is 1. The smallest absolute Gasteiger partial charge is 0.359 e. The zero-order chi connectivity index (χ0) is 11.6. The van der Waals surface area contributed by atoms with Crippen LogP contribution in [-0.4, -0.2) is 29.2 Å². The molecule has 0 aromatic carbocycles. The van der Waals surface area contributed by atoms with Gasteiger partial charge < -0.3 is 5.32 Å². The van der Waals surface area contributed by atoms with Gasteiger partial charge in [0.2, 0.25) is 0 Å². The number of nitrogens with zero attached hydrogens (tertiary/aromatic N) is 1. The Bertz CT molecular complexity index is 282. The molecule has 2 fully saturated rings. The van der Waals surface area contributed by atoms with Gasteiger partial charge in [-0.1, -0.05) is 31.0 Å². The van der Waals surface area contributed by atoms with Gasteiger partial charge in [-0.3, -0.25) is 4.99 Å². The topological polar surface area (TPSA) is 24.4 Å². The second-order valence-electron chi connectivity index (χ2n) is 4.49. The molecular formula is C10H15F3N2S. The Morgan fingerprint density at radius 1 is 1.25 bits per heavy atom. The first-order valence-electron chi connectivity index (χ1n) is 5.51. The molecule has 0 amide bonds. The average molecular weight is 252 g/mol. The molecule has 1 N–H and O–H groups in total. The summed E-state index contributed by atoms with van der Waals surface area (Å²) in [6, 6.07) is 0. The lowest BCUT2D eigenvalue weighted by molar-refractivity contribution is -0.118. The molecule has 0 bridgehead atoms. The lowest BCUT2D eigenvalue weighted by atomic mass is 9.83. The van der Waals surface area contributed by atoms with E-state index in [0.717, 1.165) is 18.6 Å². The summed E-state index contributed by atoms with van der Waals surface area (Å²) in [6.07, 6.45) is 1.50. The van der Waals surface area contributed by atoms with Crippen LogP contribution < -0.4 is 5.32 Å². The van der Waals surface area contributed by atoms with Crippen molar-refractivity contribution in [1.82, 2.24) is 5.32 Å². The molecule has 1 spiro atoms. The van der Waals surface area contributed by atoms with Gasteiger partial charge in [0, 0.05) is 11.3 Å². The largest absolute Gasteiger partial charge is 0.408 e. The molecule has 1 saturated heterocycles. The van der Waals surface area contributed by atoms with Gasteiger partial charge in [-0.05, 0) is 12.8 Å². The van der Waals surface area contributed by atoms with E-state index in [4.69, 9.17) is 0 Å². The van der Waals surface area contributed by atoms with Crippen molar-refractivity contribution in [2.24, 2.45) is 4.99 Å². The van der Waals surface area contributed by atoms with Crippen molar-refractivity contribution < 1.29 is 13.2 Å². The fourth-order valence-electron chi connectivity index (χ4n) is 2.25. The van der Waals surface area contributed by atoms with E-state index in [-0.39, 0.29) is 5.54 Å². The van der Waals surface area contributed by atoms with E-state index in [0.29, 0.717) is 5.17 Å². The predicted molar refractivity (Wildman–Crippen MR) is 59.8 cm³/mol. The molecule has 2 nitrogen and oxygen atoms in total. The average Bonchev–Trinajstić information content (AvgIpc) is 2.59. The van der Waals surface area contributed by atoms with Crippen molar-refractivity contribution in [2.45, 2.75) is 43.8 Å². The van der Waals surface area contributed by atoms with Crippen molar-refractivity contribution in [1.29, 1.82) is 0 Å². The van der Waals surface area contributed by atoms with E-state index >= 15 is 0 Å². The summed E-state index contributed by atoms with van der Waals surface area (Å²) in [5.74, 6) is 0.865. The van der Waals surface area contributed by atoms with Crippen LogP contribution in [0.1, 0.15) is 32.1 Å². The lowest BCUT2D eigenvalue weighted by Gasteiger charge is -2.32. The lowest BCUT2D eigenvalue weighted by Crippen LogP contribution is -2.45. The number of amidine groups is 1. The van der Waals surface area contributed by atoms with Crippen molar-refractivity contribution in [3.8, 4) is 0 Å². The molecule has 1 aliphatic heterocycles. The maximum Gasteiger partial charge on any atom is 0.408 e. The predicted octanol–water partition coefficient (Wildman–Crippen LogP) is 2.94. The third kappa shape index (κ3) is 3.06. The Balaban J connectivity index is 1.92. The van der Waals surface area contributed by atoms with Gasteiger partial charge in [0.15, 0.2) is 5.17 Å². The van der Waals surface area contributed by atoms with Gasteiger partial charge in [0.05, 0.1) is 0 Å². The van der Waals surface area contributed by atoms with Gasteiger partial charge in [-0.15, -0.1) is 0 Å². The molecule has 1 heterocycles. The Morgan fingerprint density at radius 2 is 1.94 bits per heavy atom. The third-order valence-corrected chi connectivity index (χ3v) is 4.27. The van der Waals surface area contributed by atoms with E-state index in [9.17, 15) is 13.2 Å². The first-order chi connectivity index (χ1) is 7.49. The van der Waals surface area contributed by atoms with Crippen LogP contribution in [0.3, 0.4) is 0 Å². The second-order valence-corrected chi connectivity index (χ2v) is 5.46. The minimum Gasteiger partial charge on any atom is -0.359 e. The van der Waals surface area contributed by atoms with Crippen molar-refractivity contribution in [2.75, 3.05) is 12.3 Å². The summed E-state index contributed by atoms with van der Waals surface area (Å²) in [4.78, 5) is 3.59. The third-order valence-electron chi connectivity index (χ3n) is 3.07. The van der Waals surface area contributed by atoms with E-state index in [2.05, 4.69) is 10.3 Å². The molecule has 6 heteroatoms. The number of rotatable bonds is 1. The highest BCUT2D eigenvalue weighted by atomic mass is 32.2. The van der Waals surface area contributed by atoms with E-state index in [1.54, 1.807) is 0 Å². The molecule has 92 valence electrons. The van der Waals surface area contributed by atoms with Gasteiger partial charge in [-0.2, -0.15) is 13.2 Å². The van der Waals surface area contributed by atoms with Gasteiger partial charge in [0.25, 0.3) is 0 Å². The number of aliphatic imine (C=N–C) groups is 1. The second kappa shape index (κ2) is 4.47. The summed E-state index contributed by atoms with van der Waals surface area (Å²) in [5, 5.41) is 3.66. The fraction of sp³-hybridized carbons (Fsp3) is 0.900. The van der Waals surface area contributed by atoms with Crippen LogP contribution in [-0.2, 0) is 0 Å². The molecule has 2 rings (SSSR count). The van der Waals surface area contributed by atoms with Gasteiger partial charge in [0.1, 0.15) is 6.54 Å². The molecule has 0 radical (unpaired) electrons. The maximum atomic E-state index is 12.0. The van der Waals surface area contributed by atoms with Crippen LogP contribution in [0.25, 0.3) is 0 Å².